The van der Waals surface area contributed by atoms with Crippen LogP contribution in [0.1, 0.15) is 60.6 Å². The van der Waals surface area contributed by atoms with E-state index in [4.69, 9.17) is 9.47 Å². The number of benzene rings is 2. The van der Waals surface area contributed by atoms with Gasteiger partial charge in [-0.15, -0.1) is 0 Å². The van der Waals surface area contributed by atoms with Gasteiger partial charge in [0.25, 0.3) is 0 Å². The van der Waals surface area contributed by atoms with Gasteiger partial charge in [0.2, 0.25) is 5.88 Å². The molecule has 1 aromatic heterocycles. The Balaban J connectivity index is 1.46. The summed E-state index contributed by atoms with van der Waals surface area (Å²) in [6.45, 7) is 4.22. The van der Waals surface area contributed by atoms with Crippen molar-refractivity contribution in [1.29, 1.82) is 0 Å². The number of fused-ring (bicyclic) bond motifs is 1. The molecule has 5 rings (SSSR count). The first-order valence-electron chi connectivity index (χ1n) is 13.1. The molecule has 2 aliphatic rings. The van der Waals surface area contributed by atoms with Gasteiger partial charge in [-0.3, -0.25) is 9.69 Å². The lowest BCUT2D eigenvalue weighted by atomic mass is 9.91. The van der Waals surface area contributed by atoms with Gasteiger partial charge in [-0.25, -0.2) is 9.37 Å². The van der Waals surface area contributed by atoms with Crippen LogP contribution in [0.3, 0.4) is 0 Å². The fourth-order valence-electron chi connectivity index (χ4n) is 5.36. The number of nitrogens with zero attached hydrogens (tertiary/aromatic N) is 2. The third-order valence-corrected chi connectivity index (χ3v) is 7.66. The maximum Gasteiger partial charge on any atom is 0.309 e. The summed E-state index contributed by atoms with van der Waals surface area (Å²) in [5, 5.41) is 19.8. The first-order valence-corrected chi connectivity index (χ1v) is 13.1. The number of hydrogen-bond donors (Lipinski definition) is 2. The number of aryl methyl sites for hydroxylation is 1. The van der Waals surface area contributed by atoms with Crippen LogP contribution < -0.4 is 9.47 Å². The number of hydrogen-bond acceptors (Lipinski definition) is 6. The van der Waals surface area contributed by atoms with Crippen LogP contribution in [0.4, 0.5) is 4.39 Å². The summed E-state index contributed by atoms with van der Waals surface area (Å²) in [4.78, 5) is 17.7. The molecule has 200 valence electrons. The number of carbonyl (C=O) groups is 1. The molecule has 0 saturated carbocycles. The smallest absolute Gasteiger partial charge is 0.309 e. The highest BCUT2D eigenvalue weighted by Crippen LogP contribution is 2.39. The highest BCUT2D eigenvalue weighted by atomic mass is 19.1. The Morgan fingerprint density at radius 3 is 2.71 bits per heavy atom. The number of methoxy groups -OCH3 is 1. The minimum Gasteiger partial charge on any atom is -0.485 e. The van der Waals surface area contributed by atoms with Gasteiger partial charge >= 0.3 is 5.97 Å². The zero-order chi connectivity index (χ0) is 26.8. The van der Waals surface area contributed by atoms with Crippen molar-refractivity contribution in [2.45, 2.75) is 51.4 Å². The summed E-state index contributed by atoms with van der Waals surface area (Å²) in [7, 11) is 1.52. The Morgan fingerprint density at radius 2 is 1.97 bits per heavy atom. The predicted octanol–water partition coefficient (Wildman–Crippen LogP) is 5.31. The molecule has 3 aromatic rings. The van der Waals surface area contributed by atoms with Crippen LogP contribution in [0, 0.1) is 11.7 Å². The molecule has 0 aliphatic carbocycles. The average molecular weight is 521 g/mol. The molecule has 8 heteroatoms. The lowest BCUT2D eigenvalue weighted by Gasteiger charge is -2.29. The molecule has 0 spiro atoms. The number of carboxylic acids is 1. The van der Waals surface area contributed by atoms with E-state index >= 15 is 0 Å². The topological polar surface area (TPSA) is 92.1 Å². The molecule has 3 atom stereocenters. The molecule has 0 radical (unpaired) electrons. The van der Waals surface area contributed by atoms with Crippen molar-refractivity contribution in [2.24, 2.45) is 5.92 Å². The molecular formula is C30H33FN2O5. The highest BCUT2D eigenvalue weighted by molar-refractivity contribution is 5.71. The summed E-state index contributed by atoms with van der Waals surface area (Å²) < 4.78 is 26.6. The summed E-state index contributed by atoms with van der Waals surface area (Å²) in [6, 6.07) is 13.1. The van der Waals surface area contributed by atoms with Crippen molar-refractivity contribution in [1.82, 2.24) is 9.88 Å². The van der Waals surface area contributed by atoms with Gasteiger partial charge in [-0.05, 0) is 79.6 Å². The summed E-state index contributed by atoms with van der Waals surface area (Å²) in [5.74, 6) is -1.36. The van der Waals surface area contributed by atoms with E-state index in [9.17, 15) is 19.4 Å². The Morgan fingerprint density at radius 1 is 1.18 bits per heavy atom. The minimum atomic E-state index is -1.12. The van der Waals surface area contributed by atoms with Gasteiger partial charge in [0.15, 0.2) is 0 Å². The molecule has 2 aliphatic heterocycles. The van der Waals surface area contributed by atoms with Crippen molar-refractivity contribution >= 4 is 5.97 Å². The number of aliphatic hydroxyl groups is 1. The molecule has 0 bridgehead atoms. The largest absolute Gasteiger partial charge is 0.485 e. The van der Waals surface area contributed by atoms with E-state index in [2.05, 4.69) is 16.0 Å². The predicted molar refractivity (Wildman–Crippen MR) is 141 cm³/mol. The molecule has 38 heavy (non-hydrogen) atoms. The fraction of sp³-hybridized carbons (Fsp3) is 0.400. The van der Waals surface area contributed by atoms with Crippen LogP contribution in [-0.4, -0.2) is 46.3 Å². The van der Waals surface area contributed by atoms with Crippen LogP contribution in [0.15, 0.2) is 48.7 Å². The van der Waals surface area contributed by atoms with Crippen molar-refractivity contribution in [3.05, 3.63) is 76.7 Å². The molecule has 7 nitrogen and oxygen atoms in total. The van der Waals surface area contributed by atoms with E-state index in [0.717, 1.165) is 61.0 Å². The summed E-state index contributed by atoms with van der Waals surface area (Å²) in [5.41, 5.74) is 4.83. The van der Waals surface area contributed by atoms with Crippen molar-refractivity contribution in [3.8, 4) is 22.8 Å². The van der Waals surface area contributed by atoms with Gasteiger partial charge in [0.05, 0.1) is 25.3 Å². The Bertz CT molecular complexity index is 1320. The monoisotopic (exact) mass is 520 g/mol. The third-order valence-electron chi connectivity index (χ3n) is 7.66. The summed E-state index contributed by atoms with van der Waals surface area (Å²) in [6.07, 6.45) is 3.74. The molecular weight excluding hydrogens is 487 g/mol. The third kappa shape index (κ3) is 5.37. The van der Waals surface area contributed by atoms with Gasteiger partial charge in [-0.2, -0.15) is 0 Å². The molecule has 1 fully saturated rings. The van der Waals surface area contributed by atoms with Crippen LogP contribution in [0.2, 0.25) is 0 Å². The van der Waals surface area contributed by atoms with Gasteiger partial charge in [0.1, 0.15) is 17.7 Å². The van der Waals surface area contributed by atoms with E-state index in [1.54, 1.807) is 18.2 Å². The first kappa shape index (κ1) is 26.1. The van der Waals surface area contributed by atoms with Gasteiger partial charge in [-0.1, -0.05) is 30.3 Å². The number of rotatable bonds is 8. The molecule has 1 saturated heterocycles. The van der Waals surface area contributed by atoms with Crippen LogP contribution >= 0.6 is 0 Å². The zero-order valence-electron chi connectivity index (χ0n) is 21.7. The molecule has 3 heterocycles. The van der Waals surface area contributed by atoms with Crippen molar-refractivity contribution < 1.29 is 28.9 Å². The number of halogens is 1. The number of aliphatic hydroxyl groups excluding tert-OH is 1. The Kier molecular flexibility index (Phi) is 7.63. The average Bonchev–Trinajstić information content (AvgIpc) is 3.45. The standard InChI is InChI=1S/C30H33FN2O5/c1-18(30(35)36)29(34)21-6-5-19-8-10-26(38-27(19)14-21)20-7-9-23(22(13-20)17-33-11-3-4-12-33)24-15-28(37-2)32-16-25(24)31/h5-7,9,13-16,18,26,29,34H,3-4,8,10-12,17H2,1-2H3,(H,35,36)/t18-,26?,29+/m0/s1. The maximum absolute atomic E-state index is 14.9. The normalized spacial score (nSPS) is 18.9. The Hall–Kier alpha value is -3.49. The summed E-state index contributed by atoms with van der Waals surface area (Å²) >= 11 is 0. The lowest BCUT2D eigenvalue weighted by Crippen LogP contribution is -2.21. The second-order valence-electron chi connectivity index (χ2n) is 10.2. The van der Waals surface area contributed by atoms with Crippen LogP contribution in [0.25, 0.3) is 11.1 Å². The van der Waals surface area contributed by atoms with Crippen molar-refractivity contribution in [2.75, 3.05) is 20.2 Å². The SMILES string of the molecule is COc1cc(-c2ccc(C3CCc4ccc([C@H](O)[C@H](C)C(=O)O)cc4O3)cc2CN2CCCC2)c(F)cn1. The number of carboxylic acid groups (broad SMARTS) is 1. The molecule has 2 N–H and O–H groups in total. The second-order valence-corrected chi connectivity index (χ2v) is 10.2. The van der Waals surface area contributed by atoms with Crippen LogP contribution in [-0.2, 0) is 17.8 Å². The molecule has 1 unspecified atom stereocenters. The van der Waals surface area contributed by atoms with Gasteiger partial charge < -0.3 is 19.7 Å². The quantitative estimate of drug-likeness (QED) is 0.416. The van der Waals surface area contributed by atoms with Crippen molar-refractivity contribution in [3.63, 3.8) is 0 Å². The number of likely N-dealkylation sites (tertiary alicyclic amines) is 1. The zero-order valence-corrected chi connectivity index (χ0v) is 21.7. The van der Waals surface area contributed by atoms with E-state index in [0.29, 0.717) is 29.3 Å². The number of ether oxygens (including phenoxy) is 2. The molecule has 2 aromatic carbocycles. The van der Waals surface area contributed by atoms with Crippen LogP contribution in [0.5, 0.6) is 11.6 Å². The second kappa shape index (κ2) is 11.1. The fourth-order valence-corrected chi connectivity index (χ4v) is 5.36. The van der Waals surface area contributed by atoms with E-state index in [1.165, 1.54) is 20.2 Å². The van der Waals surface area contributed by atoms with E-state index < -0.39 is 23.8 Å². The van der Waals surface area contributed by atoms with E-state index in [1.807, 2.05) is 18.2 Å². The first-order chi connectivity index (χ1) is 18.3. The molecule has 0 amide bonds. The van der Waals surface area contributed by atoms with Gasteiger partial charge in [0, 0.05) is 18.2 Å². The number of aromatic nitrogens is 1. The number of pyridine rings is 1. The minimum absolute atomic E-state index is 0.213. The Labute approximate surface area is 221 Å². The van der Waals surface area contributed by atoms with E-state index in [-0.39, 0.29) is 6.10 Å². The highest BCUT2D eigenvalue weighted by Gasteiger charge is 2.27. The lowest BCUT2D eigenvalue weighted by molar-refractivity contribution is -0.145. The maximum atomic E-state index is 14.9. The number of aliphatic carboxylic acids is 1.